The van der Waals surface area contributed by atoms with Crippen LogP contribution in [-0.4, -0.2) is 70.7 Å². The van der Waals surface area contributed by atoms with Crippen molar-refractivity contribution >= 4 is 5.91 Å². The Hall–Kier alpha value is -2.18. The molecule has 2 aromatic rings. The number of hydrogen-bond donors (Lipinski definition) is 0. The first-order chi connectivity index (χ1) is 13.0. The number of benzene rings is 1. The van der Waals surface area contributed by atoms with E-state index in [4.69, 9.17) is 0 Å². The van der Waals surface area contributed by atoms with Gasteiger partial charge in [0.05, 0.1) is 5.69 Å². The van der Waals surface area contributed by atoms with Gasteiger partial charge in [0.2, 0.25) is 0 Å². The molecule has 3 heterocycles. The summed E-state index contributed by atoms with van der Waals surface area (Å²) in [5.41, 5.74) is 4.50. The van der Waals surface area contributed by atoms with Crippen LogP contribution in [0.5, 0.6) is 0 Å². The summed E-state index contributed by atoms with van der Waals surface area (Å²) in [6, 6.07) is 10.9. The molecule has 0 bridgehead atoms. The van der Waals surface area contributed by atoms with Crippen molar-refractivity contribution in [2.45, 2.75) is 38.5 Å². The van der Waals surface area contributed by atoms with E-state index < -0.39 is 0 Å². The van der Waals surface area contributed by atoms with Crippen molar-refractivity contribution in [2.24, 2.45) is 0 Å². The van der Waals surface area contributed by atoms with Crippen LogP contribution in [0.4, 0.5) is 0 Å². The molecule has 6 nitrogen and oxygen atoms in total. The molecular formula is C21H29N5O. The lowest BCUT2D eigenvalue weighted by Crippen LogP contribution is -2.46. The Morgan fingerprint density at radius 3 is 2.78 bits per heavy atom. The first-order valence-corrected chi connectivity index (χ1v) is 9.79. The minimum atomic E-state index is 0.0190. The van der Waals surface area contributed by atoms with Crippen molar-refractivity contribution in [1.29, 1.82) is 0 Å². The lowest BCUT2D eigenvalue weighted by Gasteiger charge is -2.36. The smallest absolute Gasteiger partial charge is 0.274 e. The van der Waals surface area contributed by atoms with Gasteiger partial charge in [-0.3, -0.25) is 14.4 Å². The predicted molar refractivity (Wildman–Crippen MR) is 106 cm³/mol. The number of hydrogen-bond acceptors (Lipinski definition) is 4. The van der Waals surface area contributed by atoms with Crippen LogP contribution in [0.3, 0.4) is 0 Å². The highest BCUT2D eigenvalue weighted by atomic mass is 16.2. The zero-order valence-corrected chi connectivity index (χ0v) is 16.6. The summed E-state index contributed by atoms with van der Waals surface area (Å²) in [6.45, 7) is 4.47. The van der Waals surface area contributed by atoms with Gasteiger partial charge in [0.15, 0.2) is 5.69 Å². The maximum Gasteiger partial charge on any atom is 0.274 e. The van der Waals surface area contributed by atoms with Gasteiger partial charge in [-0.2, -0.15) is 5.10 Å². The lowest BCUT2D eigenvalue weighted by molar-refractivity contribution is 0.0727. The fourth-order valence-corrected chi connectivity index (χ4v) is 4.24. The number of likely N-dealkylation sites (N-methyl/N-ethyl adjacent to an activating group) is 2. The summed E-state index contributed by atoms with van der Waals surface area (Å²) in [4.78, 5) is 19.4. The Labute approximate surface area is 161 Å². The molecule has 1 unspecified atom stereocenters. The fraction of sp³-hybridized carbons (Fsp3) is 0.524. The minimum absolute atomic E-state index is 0.0190. The van der Waals surface area contributed by atoms with Gasteiger partial charge < -0.3 is 9.80 Å². The van der Waals surface area contributed by atoms with Crippen LogP contribution in [0.15, 0.2) is 30.3 Å². The Kier molecular flexibility index (Phi) is 5.02. The van der Waals surface area contributed by atoms with Crippen molar-refractivity contribution < 1.29 is 4.79 Å². The monoisotopic (exact) mass is 367 g/mol. The van der Waals surface area contributed by atoms with E-state index >= 15 is 0 Å². The van der Waals surface area contributed by atoms with E-state index in [-0.39, 0.29) is 5.91 Å². The zero-order valence-electron chi connectivity index (χ0n) is 16.6. The molecule has 0 N–H and O–H groups in total. The van der Waals surface area contributed by atoms with Gasteiger partial charge in [-0.25, -0.2) is 0 Å². The Bertz CT molecular complexity index is 830. The van der Waals surface area contributed by atoms with Crippen LogP contribution in [-0.2, 0) is 26.1 Å². The van der Waals surface area contributed by atoms with Crippen LogP contribution in [0.2, 0.25) is 0 Å². The summed E-state index contributed by atoms with van der Waals surface area (Å²) < 4.78 is 2.01. The van der Waals surface area contributed by atoms with Gasteiger partial charge in [-0.1, -0.05) is 24.3 Å². The standard InChI is InChI=1S/C21H29N5O/c1-23-9-6-10-26-19(14-23)12-20(22-26)21(27)25(3)15-18-11-16-7-4-5-8-17(16)13-24(18)2/h4-5,7-8,12,18H,6,9-11,13-15H2,1-3H3. The Morgan fingerprint density at radius 2 is 1.96 bits per heavy atom. The molecule has 1 aromatic carbocycles. The van der Waals surface area contributed by atoms with Gasteiger partial charge in [0, 0.05) is 45.8 Å². The number of carbonyl (C=O) groups excluding carboxylic acids is 1. The first kappa shape index (κ1) is 18.2. The second-order valence-corrected chi connectivity index (χ2v) is 8.06. The number of rotatable bonds is 3. The topological polar surface area (TPSA) is 44.6 Å². The number of aromatic nitrogens is 2. The van der Waals surface area contributed by atoms with Crippen LogP contribution < -0.4 is 0 Å². The van der Waals surface area contributed by atoms with E-state index in [2.05, 4.69) is 53.3 Å². The minimum Gasteiger partial charge on any atom is -0.339 e. The van der Waals surface area contributed by atoms with Crippen molar-refractivity contribution in [3.05, 3.63) is 52.8 Å². The highest BCUT2D eigenvalue weighted by Gasteiger charge is 2.27. The number of fused-ring (bicyclic) bond motifs is 2. The van der Waals surface area contributed by atoms with E-state index in [1.165, 1.54) is 11.1 Å². The highest BCUT2D eigenvalue weighted by Crippen LogP contribution is 2.23. The zero-order chi connectivity index (χ0) is 19.0. The van der Waals surface area contributed by atoms with Crippen LogP contribution in [0.25, 0.3) is 0 Å². The molecule has 2 aliphatic heterocycles. The third-order valence-corrected chi connectivity index (χ3v) is 5.87. The maximum atomic E-state index is 13.0. The van der Waals surface area contributed by atoms with Crippen LogP contribution >= 0.6 is 0 Å². The lowest BCUT2D eigenvalue weighted by atomic mass is 9.94. The highest BCUT2D eigenvalue weighted by molar-refractivity contribution is 5.92. The van der Waals surface area contributed by atoms with Crippen molar-refractivity contribution in [3.63, 3.8) is 0 Å². The molecule has 0 fully saturated rings. The number of nitrogens with zero attached hydrogens (tertiary/aromatic N) is 5. The van der Waals surface area contributed by atoms with E-state index in [0.717, 1.165) is 44.7 Å². The molecule has 1 atom stereocenters. The van der Waals surface area contributed by atoms with Gasteiger partial charge in [-0.05, 0) is 44.1 Å². The summed E-state index contributed by atoms with van der Waals surface area (Å²) in [5, 5.41) is 4.60. The molecule has 27 heavy (non-hydrogen) atoms. The molecule has 6 heteroatoms. The molecule has 2 aliphatic rings. The molecule has 0 saturated carbocycles. The number of aryl methyl sites for hydroxylation is 1. The summed E-state index contributed by atoms with van der Waals surface area (Å²) >= 11 is 0. The molecule has 4 rings (SSSR count). The van der Waals surface area contributed by atoms with Crippen molar-refractivity contribution in [2.75, 3.05) is 34.2 Å². The molecule has 0 aliphatic carbocycles. The van der Waals surface area contributed by atoms with Gasteiger partial charge >= 0.3 is 0 Å². The van der Waals surface area contributed by atoms with Gasteiger partial charge in [0.1, 0.15) is 0 Å². The normalized spacial score (nSPS) is 20.6. The van der Waals surface area contributed by atoms with Crippen LogP contribution in [0.1, 0.15) is 33.7 Å². The Balaban J connectivity index is 1.45. The molecule has 0 saturated heterocycles. The van der Waals surface area contributed by atoms with E-state index in [9.17, 15) is 4.79 Å². The molecule has 0 spiro atoms. The van der Waals surface area contributed by atoms with Crippen LogP contribution in [0, 0.1) is 0 Å². The summed E-state index contributed by atoms with van der Waals surface area (Å²) in [7, 11) is 6.16. The molecule has 1 aromatic heterocycles. The summed E-state index contributed by atoms with van der Waals surface area (Å²) in [6.07, 6.45) is 2.05. The molecule has 144 valence electrons. The van der Waals surface area contributed by atoms with E-state index in [1.807, 2.05) is 22.7 Å². The van der Waals surface area contributed by atoms with E-state index in [0.29, 0.717) is 18.3 Å². The first-order valence-electron chi connectivity index (χ1n) is 9.79. The number of amides is 1. The maximum absolute atomic E-state index is 13.0. The predicted octanol–water partition coefficient (Wildman–Crippen LogP) is 1.85. The van der Waals surface area contributed by atoms with Gasteiger partial charge in [0.25, 0.3) is 5.91 Å². The molecular weight excluding hydrogens is 338 g/mol. The summed E-state index contributed by atoms with van der Waals surface area (Å²) in [5.74, 6) is 0.0190. The number of carbonyl (C=O) groups is 1. The third kappa shape index (κ3) is 3.77. The molecule has 1 amide bonds. The fourth-order valence-electron chi connectivity index (χ4n) is 4.24. The third-order valence-electron chi connectivity index (χ3n) is 5.87. The Morgan fingerprint density at radius 1 is 1.19 bits per heavy atom. The molecule has 0 radical (unpaired) electrons. The van der Waals surface area contributed by atoms with E-state index in [1.54, 1.807) is 0 Å². The largest absolute Gasteiger partial charge is 0.339 e. The SMILES string of the molecule is CN1CCCn2nc(C(=O)N(C)CC3Cc4ccccc4CN3C)cc2C1. The quantitative estimate of drug-likeness (QED) is 0.831. The second-order valence-electron chi connectivity index (χ2n) is 8.06. The van der Waals surface area contributed by atoms with Crippen molar-refractivity contribution in [1.82, 2.24) is 24.5 Å². The van der Waals surface area contributed by atoms with Crippen molar-refractivity contribution in [3.8, 4) is 0 Å². The average Bonchev–Trinajstić information content (AvgIpc) is 2.95. The van der Waals surface area contributed by atoms with Gasteiger partial charge in [-0.15, -0.1) is 0 Å². The second kappa shape index (κ2) is 7.44. The average molecular weight is 367 g/mol.